The van der Waals surface area contributed by atoms with Crippen LogP contribution in [0.25, 0.3) is 0 Å². The highest BCUT2D eigenvalue weighted by Crippen LogP contribution is 2.10. The Balaban J connectivity index is 3.55. The molecule has 0 amide bonds. The molecule has 0 rings (SSSR count). The highest BCUT2D eigenvalue weighted by Gasteiger charge is 2.22. The third-order valence-corrected chi connectivity index (χ3v) is 3.31. The Hall–Kier alpha value is -1.01. The lowest BCUT2D eigenvalue weighted by Gasteiger charge is -2.16. The van der Waals surface area contributed by atoms with E-state index in [9.17, 15) is 18.7 Å². The third-order valence-electron chi connectivity index (χ3n) is 3.31. The van der Waals surface area contributed by atoms with Crippen LogP contribution in [-0.2, 0) is 9.53 Å². The zero-order valence-corrected chi connectivity index (χ0v) is 13.3. The Morgan fingerprint density at radius 2 is 1.77 bits per heavy atom. The van der Waals surface area contributed by atoms with E-state index in [2.05, 4.69) is 0 Å². The van der Waals surface area contributed by atoms with E-state index in [1.54, 1.807) is 6.92 Å². The molecular formula is C16H29F2NO3. The molecule has 0 aliphatic heterocycles. The maximum absolute atomic E-state index is 11.9. The van der Waals surface area contributed by atoms with Crippen LogP contribution in [0, 0.1) is 0 Å². The Kier molecular flexibility index (Phi) is 13.0. The monoisotopic (exact) mass is 321 g/mol. The van der Waals surface area contributed by atoms with Gasteiger partial charge in [-0.25, -0.2) is 8.78 Å². The molecule has 0 fully saturated rings. The van der Waals surface area contributed by atoms with Crippen molar-refractivity contribution in [2.75, 3.05) is 6.61 Å². The van der Waals surface area contributed by atoms with Crippen LogP contribution in [0.15, 0.2) is 12.2 Å². The van der Waals surface area contributed by atoms with Crippen LogP contribution in [0.4, 0.5) is 8.78 Å². The van der Waals surface area contributed by atoms with Crippen LogP contribution in [0.1, 0.15) is 58.3 Å². The zero-order chi connectivity index (χ0) is 16.8. The van der Waals surface area contributed by atoms with Gasteiger partial charge in [0.15, 0.2) is 0 Å². The van der Waals surface area contributed by atoms with Crippen LogP contribution >= 0.6 is 0 Å². The minimum Gasteiger partial charge on any atom is -0.465 e. The number of hydrogen-bond donors (Lipinski definition) is 2. The lowest BCUT2D eigenvalue weighted by Crippen LogP contribution is -2.42. The van der Waals surface area contributed by atoms with Crippen molar-refractivity contribution in [3.05, 3.63) is 12.2 Å². The molecule has 0 aliphatic carbocycles. The van der Waals surface area contributed by atoms with E-state index in [0.717, 1.165) is 25.7 Å². The van der Waals surface area contributed by atoms with Gasteiger partial charge in [-0.05, 0) is 39.0 Å². The van der Waals surface area contributed by atoms with E-state index in [1.165, 1.54) is 0 Å². The number of nitrogens with two attached hydrogens (primary N) is 1. The number of allylic oxidation sites excluding steroid dienone is 2. The van der Waals surface area contributed by atoms with Gasteiger partial charge in [0.25, 0.3) is 0 Å². The predicted molar refractivity (Wildman–Crippen MR) is 82.7 cm³/mol. The van der Waals surface area contributed by atoms with Gasteiger partial charge in [0.1, 0.15) is 6.04 Å². The fourth-order valence-corrected chi connectivity index (χ4v) is 1.99. The Morgan fingerprint density at radius 3 is 2.41 bits per heavy atom. The molecule has 0 heterocycles. The fraction of sp³-hybridized carbons (Fsp3) is 0.812. The first-order valence-corrected chi connectivity index (χ1v) is 8.02. The normalized spacial score (nSPS) is 14.5. The lowest BCUT2D eigenvalue weighted by molar-refractivity contribution is -0.147. The van der Waals surface area contributed by atoms with Crippen LogP contribution < -0.4 is 5.73 Å². The number of aliphatic hydroxyl groups is 1. The van der Waals surface area contributed by atoms with Crippen molar-refractivity contribution in [1.82, 2.24) is 0 Å². The second kappa shape index (κ2) is 13.6. The van der Waals surface area contributed by atoms with Gasteiger partial charge >= 0.3 is 5.97 Å². The van der Waals surface area contributed by atoms with Gasteiger partial charge in [-0.15, -0.1) is 0 Å². The van der Waals surface area contributed by atoms with Crippen molar-refractivity contribution in [2.24, 2.45) is 5.73 Å². The molecule has 6 heteroatoms. The first-order valence-electron chi connectivity index (χ1n) is 8.02. The highest BCUT2D eigenvalue weighted by atomic mass is 19.3. The van der Waals surface area contributed by atoms with Crippen molar-refractivity contribution in [1.29, 1.82) is 0 Å². The summed E-state index contributed by atoms with van der Waals surface area (Å²) in [6.07, 6.45) is 6.15. The second-order valence-electron chi connectivity index (χ2n) is 5.28. The van der Waals surface area contributed by atoms with Gasteiger partial charge in [-0.2, -0.15) is 0 Å². The van der Waals surface area contributed by atoms with E-state index in [0.29, 0.717) is 19.3 Å². The summed E-state index contributed by atoms with van der Waals surface area (Å²) in [5.74, 6) is -0.581. The minimum atomic E-state index is -2.19. The summed E-state index contributed by atoms with van der Waals surface area (Å²) in [6, 6.07) is -0.997. The minimum absolute atomic E-state index is 0.00551. The summed E-state index contributed by atoms with van der Waals surface area (Å²) < 4.78 is 28.5. The molecule has 0 aromatic carbocycles. The molecule has 0 saturated heterocycles. The molecule has 3 N–H and O–H groups in total. The number of carbonyl (C=O) groups excluding carboxylic acids is 1. The zero-order valence-electron chi connectivity index (χ0n) is 13.3. The van der Waals surface area contributed by atoms with Crippen LogP contribution in [-0.4, -0.2) is 36.3 Å². The highest BCUT2D eigenvalue weighted by molar-refractivity contribution is 5.76. The second-order valence-corrected chi connectivity index (χ2v) is 5.28. The maximum Gasteiger partial charge on any atom is 0.325 e. The van der Waals surface area contributed by atoms with E-state index in [1.807, 2.05) is 12.2 Å². The molecule has 130 valence electrons. The van der Waals surface area contributed by atoms with Crippen LogP contribution in [0.2, 0.25) is 0 Å². The molecule has 2 unspecified atom stereocenters. The Bertz CT molecular complexity index is 312. The Morgan fingerprint density at radius 1 is 1.14 bits per heavy atom. The van der Waals surface area contributed by atoms with E-state index in [-0.39, 0.29) is 13.0 Å². The average molecular weight is 321 g/mol. The predicted octanol–water partition coefficient (Wildman–Crippen LogP) is 3.18. The van der Waals surface area contributed by atoms with Gasteiger partial charge in [-0.3, -0.25) is 4.79 Å². The molecule has 22 heavy (non-hydrogen) atoms. The molecular weight excluding hydrogens is 292 g/mol. The third kappa shape index (κ3) is 11.6. The van der Waals surface area contributed by atoms with Crippen molar-refractivity contribution in [2.45, 2.75) is 76.9 Å². The number of hydrogen-bond acceptors (Lipinski definition) is 4. The van der Waals surface area contributed by atoms with Crippen LogP contribution in [0.3, 0.4) is 0 Å². The number of ether oxygens (including phenoxy) is 1. The molecule has 0 aromatic heterocycles. The van der Waals surface area contributed by atoms with Crippen molar-refractivity contribution in [3.63, 3.8) is 0 Å². The molecule has 0 saturated carbocycles. The SMILES string of the molecule is CCOC(=O)C(N)C(O)CC/C=C/CCCCCCC(F)F. The standard InChI is InChI=1S/C16H29F2NO3/c1-2-22-16(21)15(19)13(20)11-9-7-5-3-4-6-8-10-12-14(17)18/h5,7,13-15,20H,2-4,6,8-12,19H2,1H3/b7-5+. The van der Waals surface area contributed by atoms with Gasteiger partial charge in [-0.1, -0.05) is 25.0 Å². The molecule has 2 atom stereocenters. The number of unbranched alkanes of at least 4 members (excludes halogenated alkanes) is 4. The largest absolute Gasteiger partial charge is 0.465 e. The van der Waals surface area contributed by atoms with Crippen molar-refractivity contribution >= 4 is 5.97 Å². The van der Waals surface area contributed by atoms with Gasteiger partial charge in [0.2, 0.25) is 6.43 Å². The van der Waals surface area contributed by atoms with E-state index >= 15 is 0 Å². The number of halogens is 2. The molecule has 0 radical (unpaired) electrons. The van der Waals surface area contributed by atoms with Crippen LogP contribution in [0.5, 0.6) is 0 Å². The topological polar surface area (TPSA) is 72.5 Å². The fourth-order valence-electron chi connectivity index (χ4n) is 1.99. The smallest absolute Gasteiger partial charge is 0.325 e. The van der Waals surface area contributed by atoms with Crippen molar-refractivity contribution < 1.29 is 23.4 Å². The first-order chi connectivity index (χ1) is 10.5. The molecule has 0 aromatic rings. The summed E-state index contributed by atoms with van der Waals surface area (Å²) in [5.41, 5.74) is 5.57. The van der Waals surface area contributed by atoms with Crippen molar-refractivity contribution in [3.8, 4) is 0 Å². The summed E-state index contributed by atoms with van der Waals surface area (Å²) >= 11 is 0. The summed E-state index contributed by atoms with van der Waals surface area (Å²) in [4.78, 5) is 11.3. The number of carbonyl (C=O) groups is 1. The first kappa shape index (κ1) is 21.0. The lowest BCUT2D eigenvalue weighted by atomic mass is 10.1. The summed E-state index contributed by atoms with van der Waals surface area (Å²) in [7, 11) is 0. The summed E-state index contributed by atoms with van der Waals surface area (Å²) in [5, 5.41) is 9.74. The van der Waals surface area contributed by atoms with Gasteiger partial charge in [0, 0.05) is 6.42 Å². The number of alkyl halides is 2. The Labute approximate surface area is 131 Å². The quantitative estimate of drug-likeness (QED) is 0.310. The number of esters is 1. The maximum atomic E-state index is 11.9. The molecule has 0 spiro atoms. The molecule has 0 aliphatic rings. The van der Waals surface area contributed by atoms with E-state index < -0.39 is 24.5 Å². The number of aliphatic hydroxyl groups excluding tert-OH is 1. The van der Waals surface area contributed by atoms with E-state index in [4.69, 9.17) is 10.5 Å². The molecule has 4 nitrogen and oxygen atoms in total. The number of rotatable bonds is 13. The summed E-state index contributed by atoms with van der Waals surface area (Å²) in [6.45, 7) is 1.93. The average Bonchev–Trinajstić information content (AvgIpc) is 2.48. The molecule has 0 bridgehead atoms. The van der Waals surface area contributed by atoms with Gasteiger partial charge in [0.05, 0.1) is 12.7 Å². The van der Waals surface area contributed by atoms with Gasteiger partial charge < -0.3 is 15.6 Å².